The van der Waals surface area contributed by atoms with Crippen molar-refractivity contribution in [2.75, 3.05) is 10.8 Å². The Bertz CT molecular complexity index is 1090. The van der Waals surface area contributed by atoms with Gasteiger partial charge >= 0.3 is 0 Å². The number of halogens is 3. The maximum atomic E-state index is 14.8. The average Bonchev–Trinajstić information content (AvgIpc) is 3.22. The third-order valence-electron chi connectivity index (χ3n) is 5.16. The molecule has 0 radical (unpaired) electrons. The minimum absolute atomic E-state index is 0.0524. The summed E-state index contributed by atoms with van der Waals surface area (Å²) in [6.45, 7) is 1.56. The van der Waals surface area contributed by atoms with Gasteiger partial charge in [-0.1, -0.05) is 0 Å². The van der Waals surface area contributed by atoms with Gasteiger partial charge in [-0.15, -0.1) is 11.6 Å². The van der Waals surface area contributed by atoms with Crippen molar-refractivity contribution in [3.8, 4) is 0 Å². The van der Waals surface area contributed by atoms with Crippen LogP contribution in [0.1, 0.15) is 28.7 Å². The molecule has 0 saturated heterocycles. The van der Waals surface area contributed by atoms with E-state index in [0.717, 1.165) is 12.0 Å². The summed E-state index contributed by atoms with van der Waals surface area (Å²) in [7, 11) is 0. The maximum Gasteiger partial charge on any atom is 0.244 e. The van der Waals surface area contributed by atoms with Gasteiger partial charge in [-0.05, 0) is 55.0 Å². The smallest absolute Gasteiger partial charge is 0.244 e. The number of alkyl halides is 1. The van der Waals surface area contributed by atoms with Gasteiger partial charge in [0.2, 0.25) is 11.9 Å². The zero-order chi connectivity index (χ0) is 19.8. The number of hydrogen-bond acceptors (Lipinski definition) is 4. The molecular weight excluding hydrogens is 386 g/mol. The highest BCUT2D eigenvalue weighted by molar-refractivity contribution is 6.29. The Morgan fingerprint density at radius 1 is 1.21 bits per heavy atom. The van der Waals surface area contributed by atoms with Crippen molar-refractivity contribution in [1.82, 2.24) is 15.0 Å². The third kappa shape index (κ3) is 3.09. The van der Waals surface area contributed by atoms with Crippen molar-refractivity contribution in [1.29, 1.82) is 0 Å². The third-order valence-corrected chi connectivity index (χ3v) is 5.39. The van der Waals surface area contributed by atoms with Crippen molar-refractivity contribution in [3.05, 3.63) is 58.4 Å². The molecule has 0 atom stereocenters. The molecule has 28 heavy (non-hydrogen) atoms. The molecule has 0 spiro atoms. The van der Waals surface area contributed by atoms with Crippen LogP contribution in [0.5, 0.6) is 0 Å². The summed E-state index contributed by atoms with van der Waals surface area (Å²) in [5.41, 5.74) is 2.46. The second kappa shape index (κ2) is 7.39. The largest absolute Gasteiger partial charge is 0.275 e. The zero-order valence-corrected chi connectivity index (χ0v) is 15.9. The molecule has 1 amide bonds. The summed E-state index contributed by atoms with van der Waals surface area (Å²) in [5, 5.41) is 0.704. The Labute approximate surface area is 165 Å². The van der Waals surface area contributed by atoms with Gasteiger partial charge in [0.05, 0.1) is 6.54 Å². The Kier molecular flexibility index (Phi) is 4.93. The van der Waals surface area contributed by atoms with Crippen LogP contribution in [0.4, 0.5) is 14.7 Å². The van der Waals surface area contributed by atoms with E-state index in [9.17, 15) is 13.6 Å². The quantitative estimate of drug-likeness (QED) is 0.621. The minimum atomic E-state index is -0.926. The van der Waals surface area contributed by atoms with Gasteiger partial charge in [-0.2, -0.15) is 4.98 Å². The van der Waals surface area contributed by atoms with Crippen LogP contribution in [0.2, 0.25) is 0 Å². The molecule has 2 heterocycles. The second-order valence-corrected chi connectivity index (χ2v) is 7.01. The Morgan fingerprint density at radius 3 is 2.79 bits per heavy atom. The first-order chi connectivity index (χ1) is 13.5. The highest BCUT2D eigenvalue weighted by atomic mass is 35.5. The molecule has 0 aliphatic heterocycles. The number of rotatable bonds is 4. The molecule has 3 aromatic rings. The molecular formula is C20H17ClF2N4O. The lowest BCUT2D eigenvalue weighted by atomic mass is 9.97. The van der Waals surface area contributed by atoms with Crippen LogP contribution in [0.3, 0.4) is 0 Å². The van der Waals surface area contributed by atoms with E-state index in [0.29, 0.717) is 35.0 Å². The standard InChI is InChI=1S/C20H17ClF2N4O/c1-11-13-5-2-6-14(13)17(22)18(23)15(11)10-27(16(28)8-21)20-25-9-12-4-3-7-24-19(12)26-20/h3-4,7,9H,2,5-6,8,10H2,1H3. The van der Waals surface area contributed by atoms with E-state index in [1.165, 1.54) is 11.1 Å². The number of hydrogen-bond donors (Lipinski definition) is 0. The summed E-state index contributed by atoms with van der Waals surface area (Å²) in [4.78, 5) is 26.3. The highest BCUT2D eigenvalue weighted by Gasteiger charge is 2.28. The Morgan fingerprint density at radius 2 is 2.00 bits per heavy atom. The summed E-state index contributed by atoms with van der Waals surface area (Å²) in [5.74, 6) is -2.54. The number of aromatic nitrogens is 3. The van der Waals surface area contributed by atoms with E-state index < -0.39 is 17.5 Å². The molecule has 1 aliphatic carbocycles. The van der Waals surface area contributed by atoms with Crippen LogP contribution in [0.25, 0.3) is 11.0 Å². The first-order valence-electron chi connectivity index (χ1n) is 8.93. The van der Waals surface area contributed by atoms with Gasteiger partial charge in [0, 0.05) is 23.3 Å². The first kappa shape index (κ1) is 18.7. The Balaban J connectivity index is 1.80. The van der Waals surface area contributed by atoms with E-state index in [1.54, 1.807) is 25.3 Å². The zero-order valence-electron chi connectivity index (χ0n) is 15.2. The molecule has 0 unspecified atom stereocenters. The number of benzene rings is 1. The lowest BCUT2D eigenvalue weighted by Crippen LogP contribution is -2.34. The SMILES string of the molecule is Cc1c(CN(C(=O)CCl)c2ncc3cccnc3n2)c(F)c(F)c2c1CCC2. The van der Waals surface area contributed by atoms with E-state index in [1.807, 2.05) is 0 Å². The van der Waals surface area contributed by atoms with Crippen molar-refractivity contribution in [2.45, 2.75) is 32.7 Å². The Hall–Kier alpha value is -2.67. The lowest BCUT2D eigenvalue weighted by molar-refractivity contribution is -0.116. The fourth-order valence-corrected chi connectivity index (χ4v) is 3.83. The molecule has 0 N–H and O–H groups in total. The highest BCUT2D eigenvalue weighted by Crippen LogP contribution is 2.33. The van der Waals surface area contributed by atoms with Gasteiger partial charge in [0.1, 0.15) is 5.88 Å². The molecule has 8 heteroatoms. The molecule has 0 bridgehead atoms. The summed E-state index contributed by atoms with van der Waals surface area (Å²) in [6, 6.07) is 3.54. The van der Waals surface area contributed by atoms with E-state index in [4.69, 9.17) is 11.6 Å². The monoisotopic (exact) mass is 402 g/mol. The van der Waals surface area contributed by atoms with Crippen molar-refractivity contribution < 1.29 is 13.6 Å². The van der Waals surface area contributed by atoms with Gasteiger partial charge in [0.25, 0.3) is 0 Å². The van der Waals surface area contributed by atoms with E-state index in [2.05, 4.69) is 15.0 Å². The number of nitrogens with zero attached hydrogens (tertiary/aromatic N) is 4. The number of carbonyl (C=O) groups excluding carboxylic acids is 1. The van der Waals surface area contributed by atoms with Crippen molar-refractivity contribution in [3.63, 3.8) is 0 Å². The number of amides is 1. The summed E-state index contributed by atoms with van der Waals surface area (Å²) >= 11 is 5.76. The van der Waals surface area contributed by atoms with Gasteiger partial charge in [-0.3, -0.25) is 9.69 Å². The number of pyridine rings is 1. The molecule has 1 aliphatic rings. The second-order valence-electron chi connectivity index (χ2n) is 6.74. The predicted molar refractivity (Wildman–Crippen MR) is 102 cm³/mol. The summed E-state index contributed by atoms with van der Waals surface area (Å²) in [6.07, 6.45) is 5.13. The number of anilines is 1. The van der Waals surface area contributed by atoms with Crippen LogP contribution in [-0.4, -0.2) is 26.7 Å². The fourth-order valence-electron chi connectivity index (χ4n) is 3.68. The number of fused-ring (bicyclic) bond motifs is 2. The molecule has 1 aromatic carbocycles. The van der Waals surface area contributed by atoms with Crippen LogP contribution >= 0.6 is 11.6 Å². The van der Waals surface area contributed by atoms with Gasteiger partial charge in [0.15, 0.2) is 17.3 Å². The first-order valence-corrected chi connectivity index (χ1v) is 9.47. The maximum absolute atomic E-state index is 14.8. The van der Waals surface area contributed by atoms with Gasteiger partial charge < -0.3 is 0 Å². The number of carbonyl (C=O) groups is 1. The van der Waals surface area contributed by atoms with Crippen molar-refractivity contribution in [2.24, 2.45) is 0 Å². The molecule has 2 aromatic heterocycles. The van der Waals surface area contributed by atoms with Crippen LogP contribution in [0, 0.1) is 18.6 Å². The van der Waals surface area contributed by atoms with E-state index in [-0.39, 0.29) is 23.9 Å². The van der Waals surface area contributed by atoms with Crippen LogP contribution < -0.4 is 4.90 Å². The molecule has 144 valence electrons. The van der Waals surface area contributed by atoms with Crippen molar-refractivity contribution >= 4 is 34.5 Å². The summed E-state index contributed by atoms with van der Waals surface area (Å²) < 4.78 is 29.4. The van der Waals surface area contributed by atoms with E-state index >= 15 is 0 Å². The molecule has 0 saturated carbocycles. The van der Waals surface area contributed by atoms with Gasteiger partial charge in [-0.25, -0.2) is 18.7 Å². The molecule has 5 nitrogen and oxygen atoms in total. The average molecular weight is 403 g/mol. The normalized spacial score (nSPS) is 13.0. The lowest BCUT2D eigenvalue weighted by Gasteiger charge is -2.22. The van der Waals surface area contributed by atoms with Crippen LogP contribution in [0.15, 0.2) is 24.5 Å². The topological polar surface area (TPSA) is 59.0 Å². The predicted octanol–water partition coefficient (Wildman–Crippen LogP) is 3.87. The minimum Gasteiger partial charge on any atom is -0.275 e. The van der Waals surface area contributed by atoms with Crippen LogP contribution in [-0.2, 0) is 24.2 Å². The molecule has 4 rings (SSSR count). The molecule has 0 fully saturated rings. The fraction of sp³-hybridized carbons (Fsp3) is 0.300.